The highest BCUT2D eigenvalue weighted by molar-refractivity contribution is 5.84. The van der Waals surface area contributed by atoms with Crippen molar-refractivity contribution in [2.24, 2.45) is 0 Å². The molecule has 3 aromatic rings. The van der Waals surface area contributed by atoms with Gasteiger partial charge in [0.05, 0.1) is 27.8 Å². The first-order chi connectivity index (χ1) is 24.1. The molecule has 0 radical (unpaired) electrons. The molecule has 6 rings (SSSR count). The zero-order chi connectivity index (χ0) is 36.7. The first kappa shape index (κ1) is 36.5. The number of ether oxygens (including phenoxy) is 1. The molecule has 0 saturated carbocycles. The van der Waals surface area contributed by atoms with Gasteiger partial charge in [-0.05, 0) is 75.6 Å². The maximum Gasteiger partial charge on any atom is 0.418 e. The minimum Gasteiger partial charge on any atom is -0.436 e. The second-order valence-corrected chi connectivity index (χ2v) is 13.6. The molecule has 3 N–H and O–H groups in total. The summed E-state index contributed by atoms with van der Waals surface area (Å²) in [6.45, 7) is 3.74. The molecule has 17 heteroatoms. The first-order valence-corrected chi connectivity index (χ1v) is 17.0. The lowest BCUT2D eigenvalue weighted by Gasteiger charge is -2.42. The molecule has 3 aliphatic rings. The molecular weight excluding hydrogens is 684 g/mol. The number of hydrogen-bond donors (Lipinski definition) is 2. The van der Waals surface area contributed by atoms with Crippen LogP contribution in [0.2, 0.25) is 0 Å². The third kappa shape index (κ3) is 7.98. The van der Waals surface area contributed by atoms with E-state index < -0.39 is 59.3 Å². The lowest BCUT2D eigenvalue weighted by molar-refractivity contribution is -0.143. The standard InChI is InChI=1S/C34H41F6N7O4/c1-43-10-6-22(7-11-43)44-14-16-45(17-15-44)30(48)28(20-21-18-24(33(35,36)37)29(41)25(19-21)34(38,39)40)51-32(50)46-12-8-23(9-13-46)47-27-5-3-2-4-26(27)42-31(47)49/h2-5,18-19,22-23,28H,6-17,20,41H2,1H3,(H,42,49)/t28-/m1/s1. The zero-order valence-corrected chi connectivity index (χ0v) is 28.1. The number of likely N-dealkylation sites (tertiary alicyclic amines) is 2. The van der Waals surface area contributed by atoms with Gasteiger partial charge in [-0.2, -0.15) is 26.3 Å². The number of carbonyl (C=O) groups is 2. The van der Waals surface area contributed by atoms with E-state index in [1.807, 2.05) is 6.07 Å². The Morgan fingerprint density at radius 2 is 1.41 bits per heavy atom. The fourth-order valence-corrected chi connectivity index (χ4v) is 7.50. The lowest BCUT2D eigenvalue weighted by atomic mass is 9.97. The van der Waals surface area contributed by atoms with Crippen LogP contribution in [0.15, 0.2) is 41.2 Å². The van der Waals surface area contributed by atoms with Crippen LogP contribution in [0.1, 0.15) is 48.4 Å². The number of piperazine rings is 1. The maximum atomic E-state index is 13.9. The van der Waals surface area contributed by atoms with Gasteiger partial charge in [0.1, 0.15) is 0 Å². The number of hydrogen-bond acceptors (Lipinski definition) is 7. The van der Waals surface area contributed by atoms with Crippen LogP contribution >= 0.6 is 0 Å². The number of alkyl halides is 6. The predicted octanol–water partition coefficient (Wildman–Crippen LogP) is 4.57. The number of imidazole rings is 1. The molecule has 0 aliphatic carbocycles. The quantitative estimate of drug-likeness (QED) is 0.282. The van der Waals surface area contributed by atoms with Gasteiger partial charge in [-0.25, -0.2) is 9.59 Å². The average Bonchev–Trinajstić information content (AvgIpc) is 3.43. The van der Waals surface area contributed by atoms with Crippen molar-refractivity contribution in [1.29, 1.82) is 0 Å². The first-order valence-electron chi connectivity index (χ1n) is 17.0. The van der Waals surface area contributed by atoms with Crippen LogP contribution in [-0.2, 0) is 28.3 Å². The van der Waals surface area contributed by atoms with Crippen molar-refractivity contribution in [1.82, 2.24) is 29.2 Å². The van der Waals surface area contributed by atoms with Gasteiger partial charge < -0.3 is 30.2 Å². The Labute approximate surface area is 289 Å². The minimum atomic E-state index is -5.21. The molecule has 2 aromatic carbocycles. The minimum absolute atomic E-state index is 0.143. The summed E-state index contributed by atoms with van der Waals surface area (Å²) in [6.07, 6.45) is -11.1. The summed E-state index contributed by atoms with van der Waals surface area (Å²) in [7, 11) is 2.05. The van der Waals surface area contributed by atoms with Gasteiger partial charge in [0.25, 0.3) is 5.91 Å². The summed E-state index contributed by atoms with van der Waals surface area (Å²) >= 11 is 0. The SMILES string of the molecule is CN1CCC(N2CCN(C(=O)[C@@H](Cc3cc(C(F)(F)F)c(N)c(C(F)(F)F)c3)OC(=O)N3CCC(n4c(=O)[nH]c5ccccc54)CC3)CC2)CC1. The largest absolute Gasteiger partial charge is 0.436 e. The Balaban J connectivity index is 1.20. The normalized spacial score (nSPS) is 19.8. The number of aromatic amines is 1. The number of carbonyl (C=O) groups excluding carboxylic acids is 2. The Bertz CT molecular complexity index is 1750. The molecule has 0 spiro atoms. The number of rotatable bonds is 6. The Morgan fingerprint density at radius 3 is 2.00 bits per heavy atom. The van der Waals surface area contributed by atoms with Crippen LogP contribution in [0.5, 0.6) is 0 Å². The van der Waals surface area contributed by atoms with Crippen molar-refractivity contribution in [3.8, 4) is 0 Å². The van der Waals surface area contributed by atoms with Gasteiger partial charge in [0.15, 0.2) is 6.10 Å². The van der Waals surface area contributed by atoms with Gasteiger partial charge in [0.2, 0.25) is 0 Å². The number of amides is 2. The Kier molecular flexibility index (Phi) is 10.3. The molecule has 51 heavy (non-hydrogen) atoms. The molecule has 3 aliphatic heterocycles. The van der Waals surface area contributed by atoms with Gasteiger partial charge in [0, 0.05) is 57.8 Å². The van der Waals surface area contributed by atoms with E-state index in [-0.39, 0.29) is 37.9 Å². The fraction of sp³-hybridized carbons (Fsp3) is 0.559. The maximum absolute atomic E-state index is 13.9. The van der Waals surface area contributed by atoms with Crippen LogP contribution in [0.4, 0.5) is 36.8 Å². The molecule has 11 nitrogen and oxygen atoms in total. The number of nitrogens with zero attached hydrogens (tertiary/aromatic N) is 5. The lowest BCUT2D eigenvalue weighted by Crippen LogP contribution is -2.56. The number of piperidine rings is 2. The number of nitrogens with two attached hydrogens (primary N) is 1. The van der Waals surface area contributed by atoms with E-state index in [4.69, 9.17) is 10.5 Å². The average molecular weight is 726 g/mol. The summed E-state index contributed by atoms with van der Waals surface area (Å²) in [5.74, 6) is -0.703. The number of para-hydroxylation sites is 2. The summed E-state index contributed by atoms with van der Waals surface area (Å²) in [5, 5.41) is 0. The number of halogens is 6. The van der Waals surface area contributed by atoms with E-state index in [0.29, 0.717) is 55.1 Å². The van der Waals surface area contributed by atoms with Crippen molar-refractivity contribution in [2.45, 2.75) is 62.6 Å². The van der Waals surface area contributed by atoms with Crippen molar-refractivity contribution in [2.75, 3.05) is 65.1 Å². The monoisotopic (exact) mass is 725 g/mol. The molecule has 1 atom stereocenters. The van der Waals surface area contributed by atoms with E-state index in [0.717, 1.165) is 25.9 Å². The zero-order valence-electron chi connectivity index (χ0n) is 28.1. The van der Waals surface area contributed by atoms with Crippen molar-refractivity contribution in [3.63, 3.8) is 0 Å². The van der Waals surface area contributed by atoms with Crippen molar-refractivity contribution in [3.05, 3.63) is 63.6 Å². The second kappa shape index (κ2) is 14.4. The molecule has 4 heterocycles. The van der Waals surface area contributed by atoms with Crippen LogP contribution in [0, 0.1) is 0 Å². The predicted molar refractivity (Wildman–Crippen MR) is 176 cm³/mol. The van der Waals surface area contributed by atoms with E-state index in [9.17, 15) is 40.7 Å². The van der Waals surface area contributed by atoms with E-state index in [1.165, 1.54) is 9.80 Å². The summed E-state index contributed by atoms with van der Waals surface area (Å²) < 4.78 is 90.4. The van der Waals surface area contributed by atoms with E-state index >= 15 is 0 Å². The van der Waals surface area contributed by atoms with Gasteiger partial charge in [-0.3, -0.25) is 14.3 Å². The topological polar surface area (TPSA) is 120 Å². The number of fused-ring (bicyclic) bond motifs is 1. The van der Waals surface area contributed by atoms with Crippen LogP contribution in [0.25, 0.3) is 11.0 Å². The highest BCUT2D eigenvalue weighted by atomic mass is 19.4. The molecule has 2 amide bonds. The van der Waals surface area contributed by atoms with Gasteiger partial charge in [-0.15, -0.1) is 0 Å². The smallest absolute Gasteiger partial charge is 0.418 e. The molecule has 3 saturated heterocycles. The van der Waals surface area contributed by atoms with Crippen LogP contribution in [-0.4, -0.2) is 113 Å². The highest BCUT2D eigenvalue weighted by Crippen LogP contribution is 2.42. The van der Waals surface area contributed by atoms with Gasteiger partial charge >= 0.3 is 24.1 Å². The Hall–Kier alpha value is -4.25. The second-order valence-electron chi connectivity index (χ2n) is 13.6. The molecule has 1 aromatic heterocycles. The van der Waals surface area contributed by atoms with Crippen LogP contribution in [0.3, 0.4) is 0 Å². The fourth-order valence-electron chi connectivity index (χ4n) is 7.50. The number of nitrogen functional groups attached to an aromatic ring is 1. The van der Waals surface area contributed by atoms with Crippen LogP contribution < -0.4 is 11.4 Å². The number of benzene rings is 2. The number of aromatic nitrogens is 2. The molecular formula is C34H41F6N7O4. The summed E-state index contributed by atoms with van der Waals surface area (Å²) in [5.41, 5.74) is 1.08. The number of anilines is 1. The number of H-pyrrole nitrogens is 1. The highest BCUT2D eigenvalue weighted by Gasteiger charge is 2.42. The molecule has 0 bridgehead atoms. The Morgan fingerprint density at radius 1 is 0.843 bits per heavy atom. The third-order valence-corrected chi connectivity index (χ3v) is 10.3. The molecule has 3 fully saturated rings. The third-order valence-electron chi connectivity index (χ3n) is 10.3. The van der Waals surface area contributed by atoms with E-state index in [1.54, 1.807) is 22.8 Å². The number of nitrogens with one attached hydrogen (secondary N) is 1. The van der Waals surface area contributed by atoms with Crippen molar-refractivity contribution < 1.29 is 40.7 Å². The van der Waals surface area contributed by atoms with E-state index in [2.05, 4.69) is 21.8 Å². The van der Waals surface area contributed by atoms with Crippen molar-refractivity contribution >= 4 is 28.7 Å². The summed E-state index contributed by atoms with van der Waals surface area (Å²) in [4.78, 5) is 50.3. The van der Waals surface area contributed by atoms with Gasteiger partial charge in [-0.1, -0.05) is 12.1 Å². The summed E-state index contributed by atoms with van der Waals surface area (Å²) in [6, 6.07) is 8.24. The molecule has 278 valence electrons. The molecule has 0 unspecified atom stereocenters.